The lowest BCUT2D eigenvalue weighted by Gasteiger charge is -2.28. The highest BCUT2D eigenvalue weighted by atomic mass is 79.9. The van der Waals surface area contributed by atoms with Crippen LogP contribution in [-0.2, 0) is 4.79 Å². The fourth-order valence-electron chi connectivity index (χ4n) is 2.78. The topological polar surface area (TPSA) is 100 Å². The number of rotatable bonds is 4. The molecule has 0 aliphatic heterocycles. The number of halogens is 4. The Morgan fingerprint density at radius 3 is 2.39 bits per heavy atom. The van der Waals surface area contributed by atoms with E-state index in [9.17, 15) is 14.4 Å². The maximum atomic E-state index is 13.2. The van der Waals surface area contributed by atoms with Crippen LogP contribution in [0.15, 0.2) is 41.1 Å². The van der Waals surface area contributed by atoms with Gasteiger partial charge in [-0.1, -0.05) is 34.8 Å². The van der Waals surface area contributed by atoms with Crippen molar-refractivity contribution in [2.45, 2.75) is 6.92 Å². The maximum Gasteiger partial charge on any atom is 0.274 e. The van der Waals surface area contributed by atoms with Crippen LogP contribution in [0.2, 0.25) is 15.1 Å². The van der Waals surface area contributed by atoms with E-state index < -0.39 is 11.8 Å². The first kappa shape index (κ1) is 25.0. The maximum absolute atomic E-state index is 13.2. The molecule has 33 heavy (non-hydrogen) atoms. The van der Waals surface area contributed by atoms with Crippen LogP contribution in [-0.4, -0.2) is 56.6 Å². The summed E-state index contributed by atoms with van der Waals surface area (Å²) in [7, 11) is 2.83. The number of benzene rings is 1. The summed E-state index contributed by atoms with van der Waals surface area (Å²) in [6, 6.07) is 7.44. The zero-order valence-corrected chi connectivity index (χ0v) is 21.3. The highest BCUT2D eigenvalue weighted by Gasteiger charge is 2.26. The lowest BCUT2D eigenvalue weighted by molar-refractivity contribution is -0.137. The van der Waals surface area contributed by atoms with Crippen LogP contribution < -0.4 is 5.32 Å². The lowest BCUT2D eigenvalue weighted by atomic mass is 10.1. The third kappa shape index (κ3) is 5.30. The molecule has 3 rings (SSSR count). The molecule has 9 nitrogen and oxygen atoms in total. The Morgan fingerprint density at radius 2 is 1.76 bits per heavy atom. The fourth-order valence-corrected chi connectivity index (χ4v) is 3.89. The zero-order valence-electron chi connectivity index (χ0n) is 17.4. The van der Waals surface area contributed by atoms with Crippen molar-refractivity contribution in [2.75, 3.05) is 19.4 Å². The van der Waals surface area contributed by atoms with Crippen LogP contribution >= 0.6 is 50.7 Å². The van der Waals surface area contributed by atoms with Crippen LogP contribution in [0.1, 0.15) is 27.8 Å². The van der Waals surface area contributed by atoms with Crippen molar-refractivity contribution < 1.29 is 14.4 Å². The summed E-state index contributed by atoms with van der Waals surface area (Å²) in [5.74, 6) is -1.40. The average molecular weight is 575 g/mol. The van der Waals surface area contributed by atoms with Crippen molar-refractivity contribution in [1.29, 1.82) is 0 Å². The number of aromatic nitrogens is 3. The van der Waals surface area contributed by atoms with Crippen molar-refractivity contribution >= 4 is 74.1 Å². The number of hydrazine groups is 1. The Bertz CT molecular complexity index is 1270. The second-order valence-electron chi connectivity index (χ2n) is 6.71. The highest BCUT2D eigenvalue weighted by Crippen LogP contribution is 2.32. The molecule has 0 saturated carbocycles. The average Bonchev–Trinajstić information content (AvgIpc) is 3.15. The second-order valence-corrected chi connectivity index (χ2v) is 8.77. The molecular weight excluding hydrogens is 559 g/mol. The number of hydrogen-bond acceptors (Lipinski definition) is 5. The van der Waals surface area contributed by atoms with Gasteiger partial charge in [-0.3, -0.25) is 24.4 Å². The zero-order chi connectivity index (χ0) is 24.4. The van der Waals surface area contributed by atoms with E-state index in [0.29, 0.717) is 4.60 Å². The second kappa shape index (κ2) is 10.1. The van der Waals surface area contributed by atoms with E-state index >= 15 is 0 Å². The van der Waals surface area contributed by atoms with Crippen LogP contribution in [0.3, 0.4) is 0 Å². The molecule has 0 unspecified atom stereocenters. The summed E-state index contributed by atoms with van der Waals surface area (Å²) in [5.41, 5.74) is 0.0643. The summed E-state index contributed by atoms with van der Waals surface area (Å²) in [6.07, 6.45) is 1.51. The normalized spacial score (nSPS) is 10.6. The molecule has 0 spiro atoms. The van der Waals surface area contributed by atoms with E-state index in [1.165, 1.54) is 50.1 Å². The standard InChI is InChI=1S/C20H16BrCl3N6O3/c1-10(31)28(2)29(3)20(33)12-7-11(22)8-14(24)17(12)26-19(32)15-9-16(21)27-30(15)18-13(23)5-4-6-25-18/h4-9H,1-3H3,(H,26,32). The molecule has 0 atom stereocenters. The van der Waals surface area contributed by atoms with Gasteiger partial charge in [0.15, 0.2) is 5.82 Å². The summed E-state index contributed by atoms with van der Waals surface area (Å²) < 4.78 is 1.61. The van der Waals surface area contributed by atoms with E-state index in [0.717, 1.165) is 10.0 Å². The molecule has 0 aliphatic rings. The van der Waals surface area contributed by atoms with Gasteiger partial charge in [-0.15, -0.1) is 0 Å². The van der Waals surface area contributed by atoms with Gasteiger partial charge >= 0.3 is 0 Å². The minimum absolute atomic E-state index is 0.0101. The molecule has 172 valence electrons. The number of nitrogens with one attached hydrogen (secondary N) is 1. The van der Waals surface area contributed by atoms with Gasteiger partial charge in [-0.25, -0.2) is 9.67 Å². The molecule has 0 saturated heterocycles. The quantitative estimate of drug-likeness (QED) is 0.455. The number of carbonyl (C=O) groups is 3. The predicted octanol–water partition coefficient (Wildman–Crippen LogP) is 4.71. The van der Waals surface area contributed by atoms with Gasteiger partial charge in [-0.2, -0.15) is 5.10 Å². The van der Waals surface area contributed by atoms with Gasteiger partial charge < -0.3 is 5.32 Å². The monoisotopic (exact) mass is 572 g/mol. The smallest absolute Gasteiger partial charge is 0.274 e. The van der Waals surface area contributed by atoms with Crippen molar-refractivity contribution in [3.63, 3.8) is 0 Å². The molecule has 0 aliphatic carbocycles. The number of carbonyl (C=O) groups excluding carboxylic acids is 3. The summed E-state index contributed by atoms with van der Waals surface area (Å²) in [6.45, 7) is 1.30. The van der Waals surface area contributed by atoms with Gasteiger partial charge in [0.2, 0.25) is 5.91 Å². The summed E-state index contributed by atoms with van der Waals surface area (Å²) >= 11 is 21.9. The molecule has 0 radical (unpaired) electrons. The third-order valence-electron chi connectivity index (χ3n) is 4.58. The minimum Gasteiger partial charge on any atom is -0.319 e. The minimum atomic E-state index is -0.643. The number of pyridine rings is 1. The number of nitrogens with zero attached hydrogens (tertiary/aromatic N) is 5. The van der Waals surface area contributed by atoms with E-state index in [2.05, 4.69) is 31.3 Å². The Hall–Kier alpha value is -2.66. The first-order chi connectivity index (χ1) is 15.5. The van der Waals surface area contributed by atoms with Crippen LogP contribution in [0, 0.1) is 0 Å². The molecule has 2 heterocycles. The largest absolute Gasteiger partial charge is 0.319 e. The van der Waals surface area contributed by atoms with E-state index in [4.69, 9.17) is 34.8 Å². The van der Waals surface area contributed by atoms with Gasteiger partial charge in [0.25, 0.3) is 11.8 Å². The van der Waals surface area contributed by atoms with Crippen LogP contribution in [0.4, 0.5) is 5.69 Å². The van der Waals surface area contributed by atoms with Gasteiger partial charge in [-0.05, 0) is 40.2 Å². The highest BCUT2D eigenvalue weighted by molar-refractivity contribution is 9.10. The molecule has 0 fully saturated rings. The molecular formula is C20H16BrCl3N6O3. The van der Waals surface area contributed by atoms with Crippen molar-refractivity contribution in [3.8, 4) is 5.82 Å². The lowest BCUT2D eigenvalue weighted by Crippen LogP contribution is -2.44. The first-order valence-electron chi connectivity index (χ1n) is 9.20. The first-order valence-corrected chi connectivity index (χ1v) is 11.1. The molecule has 2 aromatic heterocycles. The Kier molecular flexibility index (Phi) is 7.63. The van der Waals surface area contributed by atoms with Crippen LogP contribution in [0.5, 0.6) is 0 Å². The number of anilines is 1. The van der Waals surface area contributed by atoms with Crippen molar-refractivity contribution in [1.82, 2.24) is 24.8 Å². The van der Waals surface area contributed by atoms with E-state index in [1.54, 1.807) is 12.1 Å². The number of hydrogen-bond donors (Lipinski definition) is 1. The molecule has 1 N–H and O–H groups in total. The Balaban J connectivity index is 2.03. The van der Waals surface area contributed by atoms with Gasteiger partial charge in [0.1, 0.15) is 10.3 Å². The van der Waals surface area contributed by atoms with Crippen molar-refractivity contribution in [2.24, 2.45) is 0 Å². The Morgan fingerprint density at radius 1 is 1.06 bits per heavy atom. The summed E-state index contributed by atoms with van der Waals surface area (Å²) in [4.78, 5) is 42.1. The molecule has 13 heteroatoms. The SMILES string of the molecule is CC(=O)N(C)N(C)C(=O)c1cc(Cl)cc(Cl)c1NC(=O)c1cc(Br)nn1-c1ncccc1Cl. The molecule has 1 aromatic carbocycles. The molecule has 3 amide bonds. The van der Waals surface area contributed by atoms with E-state index in [1.807, 2.05) is 0 Å². The molecule has 0 bridgehead atoms. The van der Waals surface area contributed by atoms with Gasteiger partial charge in [0, 0.05) is 38.3 Å². The van der Waals surface area contributed by atoms with E-state index in [-0.39, 0.29) is 43.7 Å². The molecule has 3 aromatic rings. The van der Waals surface area contributed by atoms with Gasteiger partial charge in [0.05, 0.1) is 21.3 Å². The van der Waals surface area contributed by atoms with Crippen molar-refractivity contribution in [3.05, 3.63) is 67.5 Å². The summed E-state index contributed by atoms with van der Waals surface area (Å²) in [5, 5.41) is 9.52. The number of amides is 3. The third-order valence-corrected chi connectivity index (χ3v) is 5.77. The van der Waals surface area contributed by atoms with Crippen LogP contribution in [0.25, 0.3) is 5.82 Å². The predicted molar refractivity (Wildman–Crippen MR) is 129 cm³/mol. The Labute approximate surface area is 212 Å². The fraction of sp³-hybridized carbons (Fsp3) is 0.150.